The Bertz CT molecular complexity index is 1770. The van der Waals surface area contributed by atoms with Crippen LogP contribution in [0, 0.1) is 0 Å². The maximum absolute atomic E-state index is 5.96. The van der Waals surface area contributed by atoms with Crippen molar-refractivity contribution in [2.45, 2.75) is 19.6 Å². The fourth-order valence-electron chi connectivity index (χ4n) is 4.91. The quantitative estimate of drug-likeness (QED) is 0.211. The van der Waals surface area contributed by atoms with E-state index in [1.807, 2.05) is 42.1 Å². The molecule has 41 heavy (non-hydrogen) atoms. The molecule has 0 aromatic heterocycles. The molecule has 2 aliphatic heterocycles. The number of nitrogens with one attached hydrogen (secondary N) is 2. The maximum atomic E-state index is 5.96. The SMILES string of the molecule is Clc1ccc2c(c1)Sc1ccccc1N2.c1ccc(-c2ccc3c(c2)Sc2cc(-c4ccccc4)ccc2N3)cc1. The minimum absolute atomic E-state index is 0.780. The number of para-hydroxylation sites is 1. The minimum atomic E-state index is 0.780. The summed E-state index contributed by atoms with van der Waals surface area (Å²) in [5, 5.41) is 7.75. The van der Waals surface area contributed by atoms with Crippen LogP contribution in [-0.2, 0) is 0 Å². The van der Waals surface area contributed by atoms with E-state index < -0.39 is 0 Å². The minimum Gasteiger partial charge on any atom is -0.354 e. The number of halogens is 1. The second-order valence-electron chi connectivity index (χ2n) is 9.74. The molecule has 5 heteroatoms. The molecule has 2 heterocycles. The molecule has 2 nitrogen and oxygen atoms in total. The van der Waals surface area contributed by atoms with E-state index in [-0.39, 0.29) is 0 Å². The van der Waals surface area contributed by atoms with Crippen molar-refractivity contribution >= 4 is 57.9 Å². The molecule has 0 radical (unpaired) electrons. The summed E-state index contributed by atoms with van der Waals surface area (Å²) in [7, 11) is 0. The van der Waals surface area contributed by atoms with Crippen molar-refractivity contribution in [3.8, 4) is 22.3 Å². The monoisotopic (exact) mass is 584 g/mol. The lowest BCUT2D eigenvalue weighted by molar-refractivity contribution is 1.31. The van der Waals surface area contributed by atoms with E-state index >= 15 is 0 Å². The van der Waals surface area contributed by atoms with Gasteiger partial charge in [0.2, 0.25) is 0 Å². The molecule has 198 valence electrons. The Balaban J connectivity index is 0.000000156. The van der Waals surface area contributed by atoms with E-state index in [0.29, 0.717) is 0 Å². The Kier molecular flexibility index (Phi) is 7.20. The van der Waals surface area contributed by atoms with Crippen molar-refractivity contribution in [3.05, 3.63) is 145 Å². The molecule has 6 aromatic rings. The molecular weight excluding hydrogens is 560 g/mol. The summed E-state index contributed by atoms with van der Waals surface area (Å²) in [5.74, 6) is 0. The van der Waals surface area contributed by atoms with E-state index in [4.69, 9.17) is 11.6 Å². The Morgan fingerprint density at radius 2 is 0.805 bits per heavy atom. The van der Waals surface area contributed by atoms with Gasteiger partial charge in [0.1, 0.15) is 0 Å². The molecule has 0 atom stereocenters. The largest absolute Gasteiger partial charge is 0.354 e. The molecule has 0 aliphatic carbocycles. The van der Waals surface area contributed by atoms with Gasteiger partial charge in [0.05, 0.1) is 22.7 Å². The average Bonchev–Trinajstić information content (AvgIpc) is 3.03. The number of fused-ring (bicyclic) bond motifs is 4. The molecule has 0 saturated heterocycles. The number of hydrogen-bond donors (Lipinski definition) is 2. The van der Waals surface area contributed by atoms with Gasteiger partial charge in [-0.2, -0.15) is 0 Å². The lowest BCUT2D eigenvalue weighted by Crippen LogP contribution is -2.00. The highest BCUT2D eigenvalue weighted by Gasteiger charge is 2.17. The molecule has 0 unspecified atom stereocenters. The summed E-state index contributed by atoms with van der Waals surface area (Å²) in [6, 6.07) is 48.5. The summed E-state index contributed by atoms with van der Waals surface area (Å²) in [5.41, 5.74) is 9.65. The van der Waals surface area contributed by atoms with Gasteiger partial charge in [-0.3, -0.25) is 0 Å². The van der Waals surface area contributed by atoms with Crippen molar-refractivity contribution in [1.29, 1.82) is 0 Å². The molecule has 0 fully saturated rings. The summed E-state index contributed by atoms with van der Waals surface area (Å²) in [4.78, 5) is 4.96. The first-order chi connectivity index (χ1) is 20.2. The summed E-state index contributed by atoms with van der Waals surface area (Å²) in [6.45, 7) is 0. The highest BCUT2D eigenvalue weighted by atomic mass is 35.5. The van der Waals surface area contributed by atoms with Crippen LogP contribution in [0.4, 0.5) is 22.7 Å². The van der Waals surface area contributed by atoms with E-state index in [2.05, 4.69) is 120 Å². The second-order valence-corrected chi connectivity index (χ2v) is 12.3. The average molecular weight is 585 g/mol. The van der Waals surface area contributed by atoms with Crippen LogP contribution in [0.2, 0.25) is 5.02 Å². The maximum Gasteiger partial charge on any atom is 0.0527 e. The Morgan fingerprint density at radius 1 is 0.366 bits per heavy atom. The molecule has 0 bridgehead atoms. The third kappa shape index (κ3) is 5.59. The highest BCUT2D eigenvalue weighted by molar-refractivity contribution is 8.00. The third-order valence-corrected chi connectivity index (χ3v) is 9.47. The Labute approximate surface area is 253 Å². The number of hydrogen-bond acceptors (Lipinski definition) is 4. The third-order valence-electron chi connectivity index (χ3n) is 6.99. The number of rotatable bonds is 2. The van der Waals surface area contributed by atoms with Crippen LogP contribution in [0.15, 0.2) is 159 Å². The van der Waals surface area contributed by atoms with Gasteiger partial charge in [-0.05, 0) is 76.9 Å². The highest BCUT2D eigenvalue weighted by Crippen LogP contribution is 2.47. The van der Waals surface area contributed by atoms with Gasteiger partial charge >= 0.3 is 0 Å². The van der Waals surface area contributed by atoms with Gasteiger partial charge < -0.3 is 10.6 Å². The first-order valence-electron chi connectivity index (χ1n) is 13.4. The van der Waals surface area contributed by atoms with Gasteiger partial charge in [0.25, 0.3) is 0 Å². The standard InChI is InChI=1S/C24H17NS.C12H8ClNS/c1-3-7-17(8-4-1)19-11-13-21-23(15-19)26-24-16-20(12-14-22(24)25-21)18-9-5-2-6-10-18;13-8-5-6-10-12(7-8)15-11-4-2-1-3-9(11)14-10/h1-16,25H;1-7,14H. The molecule has 0 spiro atoms. The Morgan fingerprint density at radius 3 is 1.39 bits per heavy atom. The smallest absolute Gasteiger partial charge is 0.0527 e. The van der Waals surface area contributed by atoms with Gasteiger partial charge in [0, 0.05) is 24.6 Å². The normalized spacial score (nSPS) is 12.2. The molecule has 6 aromatic carbocycles. The second kappa shape index (κ2) is 11.4. The summed E-state index contributed by atoms with van der Waals surface area (Å²) < 4.78 is 0. The molecule has 0 saturated carbocycles. The van der Waals surface area contributed by atoms with Crippen LogP contribution in [0.25, 0.3) is 22.3 Å². The van der Waals surface area contributed by atoms with Crippen molar-refractivity contribution in [3.63, 3.8) is 0 Å². The first kappa shape index (κ1) is 25.8. The number of benzene rings is 6. The van der Waals surface area contributed by atoms with Crippen LogP contribution in [0.1, 0.15) is 0 Å². The molecular formula is C36H25ClN2S2. The van der Waals surface area contributed by atoms with Crippen LogP contribution < -0.4 is 10.6 Å². The predicted octanol–water partition coefficient (Wildman–Crippen LogP) is 11.8. The van der Waals surface area contributed by atoms with Crippen molar-refractivity contribution in [2.24, 2.45) is 0 Å². The van der Waals surface area contributed by atoms with Gasteiger partial charge in [0.15, 0.2) is 0 Å². The lowest BCUT2D eigenvalue weighted by Gasteiger charge is -2.22. The van der Waals surface area contributed by atoms with E-state index in [9.17, 15) is 0 Å². The van der Waals surface area contributed by atoms with Gasteiger partial charge in [-0.25, -0.2) is 0 Å². The van der Waals surface area contributed by atoms with E-state index in [1.165, 1.54) is 53.2 Å². The molecule has 2 aliphatic rings. The van der Waals surface area contributed by atoms with Crippen LogP contribution in [-0.4, -0.2) is 0 Å². The van der Waals surface area contributed by atoms with Crippen molar-refractivity contribution in [2.75, 3.05) is 10.6 Å². The fraction of sp³-hybridized carbons (Fsp3) is 0. The molecule has 2 N–H and O–H groups in total. The Hall–Kier alpha value is -4.09. The van der Waals surface area contributed by atoms with Crippen LogP contribution in [0.3, 0.4) is 0 Å². The molecule has 8 rings (SSSR count). The molecule has 0 amide bonds. The zero-order valence-corrected chi connectivity index (χ0v) is 24.4. The lowest BCUT2D eigenvalue weighted by atomic mass is 10.0. The zero-order chi connectivity index (χ0) is 27.6. The van der Waals surface area contributed by atoms with E-state index in [0.717, 1.165) is 16.4 Å². The van der Waals surface area contributed by atoms with E-state index in [1.54, 1.807) is 11.8 Å². The van der Waals surface area contributed by atoms with Gasteiger partial charge in [-0.15, -0.1) is 0 Å². The number of anilines is 4. The van der Waals surface area contributed by atoms with Crippen molar-refractivity contribution < 1.29 is 0 Å². The summed E-state index contributed by atoms with van der Waals surface area (Å²) in [6.07, 6.45) is 0. The van der Waals surface area contributed by atoms with Crippen molar-refractivity contribution in [1.82, 2.24) is 0 Å². The first-order valence-corrected chi connectivity index (χ1v) is 15.4. The van der Waals surface area contributed by atoms with Crippen LogP contribution in [0.5, 0.6) is 0 Å². The topological polar surface area (TPSA) is 24.1 Å². The van der Waals surface area contributed by atoms with Gasteiger partial charge in [-0.1, -0.05) is 120 Å². The fourth-order valence-corrected chi connectivity index (χ4v) is 7.24. The zero-order valence-electron chi connectivity index (χ0n) is 22.0. The van der Waals surface area contributed by atoms with Crippen LogP contribution >= 0.6 is 35.1 Å². The predicted molar refractivity (Wildman–Crippen MR) is 176 cm³/mol. The summed E-state index contributed by atoms with van der Waals surface area (Å²) >= 11 is 9.55.